The Hall–Kier alpha value is -2.35. The van der Waals surface area contributed by atoms with Crippen LogP contribution in [0.4, 0.5) is 4.39 Å². The summed E-state index contributed by atoms with van der Waals surface area (Å²) in [7, 11) is 0. The van der Waals surface area contributed by atoms with Crippen molar-refractivity contribution < 1.29 is 9.50 Å². The molecule has 94 valence electrons. The topological polar surface area (TPSA) is 20.2 Å². The van der Waals surface area contributed by atoms with Crippen molar-refractivity contribution in [3.8, 4) is 16.9 Å². The van der Waals surface area contributed by atoms with Gasteiger partial charge < -0.3 is 5.11 Å². The second-order valence-electron chi connectivity index (χ2n) is 4.68. The Bertz CT molecular complexity index is 762. The first-order valence-corrected chi connectivity index (χ1v) is 6.13. The molecule has 19 heavy (non-hydrogen) atoms. The number of hydrogen-bond acceptors (Lipinski definition) is 1. The Morgan fingerprint density at radius 3 is 2.42 bits per heavy atom. The van der Waals surface area contributed by atoms with Crippen molar-refractivity contribution >= 4 is 10.8 Å². The molecule has 0 bridgehead atoms. The molecule has 0 heterocycles. The van der Waals surface area contributed by atoms with Gasteiger partial charge in [0.05, 0.1) is 0 Å². The molecular formula is C17H13FO. The Morgan fingerprint density at radius 2 is 1.63 bits per heavy atom. The molecule has 0 radical (unpaired) electrons. The van der Waals surface area contributed by atoms with Crippen LogP contribution in [0.15, 0.2) is 54.6 Å². The molecule has 0 amide bonds. The summed E-state index contributed by atoms with van der Waals surface area (Å²) in [5.74, 6) is -0.893. The van der Waals surface area contributed by atoms with Crippen molar-refractivity contribution in [1.29, 1.82) is 0 Å². The highest BCUT2D eigenvalue weighted by Gasteiger charge is 2.08. The van der Waals surface area contributed by atoms with Gasteiger partial charge in [0.1, 0.15) is 0 Å². The summed E-state index contributed by atoms with van der Waals surface area (Å²) in [4.78, 5) is 0. The van der Waals surface area contributed by atoms with Gasteiger partial charge in [-0.05, 0) is 52.6 Å². The average Bonchev–Trinajstić information content (AvgIpc) is 2.42. The SMILES string of the molecule is Cc1cc(O)c(F)cc1-c1ccc2ccccc2c1. The summed E-state index contributed by atoms with van der Waals surface area (Å²) in [6.45, 7) is 1.86. The fourth-order valence-corrected chi connectivity index (χ4v) is 2.33. The predicted octanol–water partition coefficient (Wildman–Crippen LogP) is 4.66. The van der Waals surface area contributed by atoms with Gasteiger partial charge in [-0.1, -0.05) is 36.4 Å². The number of halogens is 1. The van der Waals surface area contributed by atoms with Crippen LogP contribution < -0.4 is 0 Å². The quantitative estimate of drug-likeness (QED) is 0.667. The molecule has 0 aliphatic carbocycles. The minimum absolute atomic E-state index is 0.304. The fraction of sp³-hybridized carbons (Fsp3) is 0.0588. The zero-order valence-electron chi connectivity index (χ0n) is 10.5. The van der Waals surface area contributed by atoms with E-state index in [9.17, 15) is 9.50 Å². The van der Waals surface area contributed by atoms with E-state index in [1.54, 1.807) is 0 Å². The Balaban J connectivity index is 2.21. The third kappa shape index (κ3) is 2.06. The van der Waals surface area contributed by atoms with Crippen LogP contribution in [0.3, 0.4) is 0 Å². The lowest BCUT2D eigenvalue weighted by molar-refractivity contribution is 0.432. The molecule has 0 aromatic heterocycles. The summed E-state index contributed by atoms with van der Waals surface area (Å²) < 4.78 is 13.5. The normalized spacial score (nSPS) is 10.8. The van der Waals surface area contributed by atoms with Crippen LogP contribution in [0.2, 0.25) is 0 Å². The number of hydrogen-bond donors (Lipinski definition) is 1. The number of aryl methyl sites for hydroxylation is 1. The van der Waals surface area contributed by atoms with Crippen molar-refractivity contribution in [3.63, 3.8) is 0 Å². The van der Waals surface area contributed by atoms with E-state index in [4.69, 9.17) is 0 Å². The third-order valence-corrected chi connectivity index (χ3v) is 3.35. The molecule has 0 spiro atoms. The van der Waals surface area contributed by atoms with E-state index in [0.717, 1.165) is 27.5 Å². The number of benzene rings is 3. The summed E-state index contributed by atoms with van der Waals surface area (Å²) in [5.41, 5.74) is 2.62. The molecular weight excluding hydrogens is 239 g/mol. The molecule has 0 atom stereocenters. The maximum atomic E-state index is 13.5. The lowest BCUT2D eigenvalue weighted by Gasteiger charge is -2.09. The van der Waals surface area contributed by atoms with Crippen LogP contribution >= 0.6 is 0 Å². The number of fused-ring (bicyclic) bond motifs is 1. The Morgan fingerprint density at radius 1 is 0.895 bits per heavy atom. The smallest absolute Gasteiger partial charge is 0.165 e. The third-order valence-electron chi connectivity index (χ3n) is 3.35. The van der Waals surface area contributed by atoms with Gasteiger partial charge in [0.25, 0.3) is 0 Å². The standard InChI is InChI=1S/C17H13FO/c1-11-8-17(19)16(18)10-15(11)14-7-6-12-4-2-3-5-13(12)9-14/h2-10,19H,1H3. The average molecular weight is 252 g/mol. The minimum atomic E-state index is -0.589. The second kappa shape index (κ2) is 4.39. The number of aromatic hydroxyl groups is 1. The van der Waals surface area contributed by atoms with Gasteiger partial charge in [-0.3, -0.25) is 0 Å². The molecule has 3 aromatic carbocycles. The molecule has 3 rings (SSSR count). The van der Waals surface area contributed by atoms with Gasteiger partial charge >= 0.3 is 0 Å². The molecule has 0 fully saturated rings. The summed E-state index contributed by atoms with van der Waals surface area (Å²) in [6, 6.07) is 16.9. The van der Waals surface area contributed by atoms with Crippen LogP contribution in [-0.2, 0) is 0 Å². The highest BCUT2D eigenvalue weighted by atomic mass is 19.1. The zero-order chi connectivity index (χ0) is 13.4. The van der Waals surface area contributed by atoms with E-state index in [1.807, 2.05) is 49.4 Å². The largest absolute Gasteiger partial charge is 0.505 e. The van der Waals surface area contributed by atoms with E-state index in [-0.39, 0.29) is 5.75 Å². The van der Waals surface area contributed by atoms with Crippen molar-refractivity contribution in [1.82, 2.24) is 0 Å². The van der Waals surface area contributed by atoms with Crippen molar-refractivity contribution in [2.75, 3.05) is 0 Å². The van der Waals surface area contributed by atoms with Crippen molar-refractivity contribution in [3.05, 3.63) is 66.0 Å². The van der Waals surface area contributed by atoms with E-state index in [0.29, 0.717) is 0 Å². The maximum Gasteiger partial charge on any atom is 0.165 e. The molecule has 0 aliphatic rings. The van der Waals surface area contributed by atoms with E-state index in [2.05, 4.69) is 0 Å². The van der Waals surface area contributed by atoms with Gasteiger partial charge in [-0.25, -0.2) is 4.39 Å². The summed E-state index contributed by atoms with van der Waals surface area (Å²) >= 11 is 0. The summed E-state index contributed by atoms with van der Waals surface area (Å²) in [5, 5.41) is 11.6. The van der Waals surface area contributed by atoms with Crippen LogP contribution in [0.1, 0.15) is 5.56 Å². The first kappa shape index (κ1) is 11.7. The van der Waals surface area contributed by atoms with E-state index in [1.165, 1.54) is 12.1 Å². The van der Waals surface area contributed by atoms with E-state index >= 15 is 0 Å². The Kier molecular flexibility index (Phi) is 2.71. The molecule has 1 nitrogen and oxygen atoms in total. The molecule has 1 N–H and O–H groups in total. The van der Waals surface area contributed by atoms with Gasteiger partial charge in [0, 0.05) is 0 Å². The van der Waals surface area contributed by atoms with Gasteiger partial charge in [0.2, 0.25) is 0 Å². The van der Waals surface area contributed by atoms with Crippen LogP contribution in [0.5, 0.6) is 5.75 Å². The van der Waals surface area contributed by atoms with Gasteiger partial charge in [0.15, 0.2) is 11.6 Å². The molecule has 3 aromatic rings. The van der Waals surface area contributed by atoms with E-state index < -0.39 is 5.82 Å². The number of rotatable bonds is 1. The van der Waals surface area contributed by atoms with Crippen LogP contribution in [-0.4, -0.2) is 5.11 Å². The van der Waals surface area contributed by atoms with Gasteiger partial charge in [-0.15, -0.1) is 0 Å². The lowest BCUT2D eigenvalue weighted by Crippen LogP contribution is -1.87. The van der Waals surface area contributed by atoms with Crippen LogP contribution in [0, 0.1) is 12.7 Å². The van der Waals surface area contributed by atoms with Crippen molar-refractivity contribution in [2.45, 2.75) is 6.92 Å². The monoisotopic (exact) mass is 252 g/mol. The zero-order valence-corrected chi connectivity index (χ0v) is 10.5. The first-order chi connectivity index (χ1) is 9.15. The first-order valence-electron chi connectivity index (χ1n) is 6.13. The lowest BCUT2D eigenvalue weighted by atomic mass is 9.97. The molecule has 2 heteroatoms. The Labute approximate surface area is 110 Å². The van der Waals surface area contributed by atoms with Crippen molar-refractivity contribution in [2.24, 2.45) is 0 Å². The molecule has 0 saturated carbocycles. The van der Waals surface area contributed by atoms with Crippen LogP contribution in [0.25, 0.3) is 21.9 Å². The molecule has 0 aliphatic heterocycles. The minimum Gasteiger partial charge on any atom is -0.505 e. The number of phenols is 1. The fourth-order valence-electron chi connectivity index (χ4n) is 2.33. The molecule has 0 saturated heterocycles. The number of phenolic OH excluding ortho intramolecular Hbond substituents is 1. The molecule has 0 unspecified atom stereocenters. The maximum absolute atomic E-state index is 13.5. The highest BCUT2D eigenvalue weighted by molar-refractivity contribution is 5.87. The predicted molar refractivity (Wildman–Crippen MR) is 75.7 cm³/mol. The highest BCUT2D eigenvalue weighted by Crippen LogP contribution is 2.30. The second-order valence-corrected chi connectivity index (χ2v) is 4.68. The van der Waals surface area contributed by atoms with Gasteiger partial charge in [-0.2, -0.15) is 0 Å². The summed E-state index contributed by atoms with van der Waals surface area (Å²) in [6.07, 6.45) is 0.